The van der Waals surface area contributed by atoms with E-state index >= 15 is 0 Å². The molecule has 0 unspecified atom stereocenters. The predicted octanol–water partition coefficient (Wildman–Crippen LogP) is 1.50. The first-order valence-corrected chi connectivity index (χ1v) is 4.45. The molecule has 3 rings (SSSR count). The van der Waals surface area contributed by atoms with Crippen LogP contribution in [0.1, 0.15) is 5.56 Å². The Morgan fingerprint density at radius 1 is 1.36 bits per heavy atom. The minimum Gasteiger partial charge on any atom is -0.492 e. The van der Waals surface area contributed by atoms with Crippen molar-refractivity contribution in [2.24, 2.45) is 0 Å². The summed E-state index contributed by atoms with van der Waals surface area (Å²) < 4.78 is 1.86. The molecule has 14 heavy (non-hydrogen) atoms. The molecule has 0 amide bonds. The van der Waals surface area contributed by atoms with Crippen LogP contribution >= 0.6 is 0 Å². The van der Waals surface area contributed by atoms with Crippen LogP contribution in [-0.4, -0.2) is 14.7 Å². The molecule has 0 fully saturated rings. The second-order valence-corrected chi connectivity index (χ2v) is 3.27. The summed E-state index contributed by atoms with van der Waals surface area (Å²) in [5.41, 5.74) is 2.28. The van der Waals surface area contributed by atoms with Crippen LogP contribution in [0.2, 0.25) is 0 Å². The summed E-state index contributed by atoms with van der Waals surface area (Å²) in [4.78, 5) is 3.96. The van der Waals surface area contributed by atoms with E-state index < -0.39 is 0 Å². The van der Waals surface area contributed by atoms with E-state index in [0.717, 1.165) is 12.2 Å². The predicted molar refractivity (Wildman–Crippen MR) is 52.6 cm³/mol. The van der Waals surface area contributed by atoms with Crippen molar-refractivity contribution in [3.05, 3.63) is 36.0 Å². The number of fused-ring (bicyclic) bond motifs is 3. The highest BCUT2D eigenvalue weighted by Crippen LogP contribution is 2.27. The molecule has 1 aliphatic rings. The van der Waals surface area contributed by atoms with E-state index in [2.05, 4.69) is 16.4 Å². The fraction of sp³-hybridized carbons (Fsp3) is 0.100. The van der Waals surface area contributed by atoms with Crippen LogP contribution in [0.5, 0.6) is 5.88 Å². The van der Waals surface area contributed by atoms with Gasteiger partial charge in [-0.05, 0) is 11.6 Å². The molecule has 1 aromatic carbocycles. The summed E-state index contributed by atoms with van der Waals surface area (Å²) in [5, 5.41) is 12.4. The van der Waals surface area contributed by atoms with Crippen molar-refractivity contribution in [2.45, 2.75) is 6.54 Å². The van der Waals surface area contributed by atoms with Gasteiger partial charge in [0.15, 0.2) is 0 Å². The number of para-hydroxylation sites is 1. The molecule has 2 N–H and O–H groups in total. The Kier molecular flexibility index (Phi) is 1.33. The van der Waals surface area contributed by atoms with Crippen LogP contribution in [0.15, 0.2) is 30.5 Å². The lowest BCUT2D eigenvalue weighted by molar-refractivity contribution is 0.456. The molecule has 1 aliphatic heterocycles. The Balaban J connectivity index is 2.28. The van der Waals surface area contributed by atoms with E-state index in [1.54, 1.807) is 6.20 Å². The number of hydrogen-bond donors (Lipinski definition) is 2. The summed E-state index contributed by atoms with van der Waals surface area (Å²) in [7, 11) is 0. The molecule has 0 radical (unpaired) electrons. The number of aromatic hydroxyl groups is 1. The Bertz CT molecular complexity index is 490. The Morgan fingerprint density at radius 2 is 2.21 bits per heavy atom. The number of aromatic nitrogens is 2. The van der Waals surface area contributed by atoms with Gasteiger partial charge in [-0.3, -0.25) is 4.57 Å². The van der Waals surface area contributed by atoms with Gasteiger partial charge < -0.3 is 10.4 Å². The molecule has 0 bridgehead atoms. The molecule has 2 heterocycles. The zero-order valence-electron chi connectivity index (χ0n) is 7.44. The van der Waals surface area contributed by atoms with Gasteiger partial charge in [0.1, 0.15) is 0 Å². The number of nitrogens with one attached hydrogen (secondary N) is 1. The summed E-state index contributed by atoms with van der Waals surface area (Å²) in [6.07, 6.45) is 1.61. The van der Waals surface area contributed by atoms with E-state index in [0.29, 0.717) is 5.95 Å². The Morgan fingerprint density at radius 3 is 3.14 bits per heavy atom. The average molecular weight is 187 g/mol. The van der Waals surface area contributed by atoms with E-state index in [-0.39, 0.29) is 5.88 Å². The van der Waals surface area contributed by atoms with Crippen LogP contribution < -0.4 is 5.32 Å². The minimum absolute atomic E-state index is 0.0456. The highest BCUT2D eigenvalue weighted by molar-refractivity contribution is 5.53. The molecule has 0 atom stereocenters. The SMILES string of the molecule is Oc1cn2c(n1)NCc1ccccc1-2. The topological polar surface area (TPSA) is 50.1 Å². The van der Waals surface area contributed by atoms with Gasteiger partial charge in [-0.25, -0.2) is 0 Å². The third-order valence-corrected chi connectivity index (χ3v) is 2.38. The molecule has 0 saturated heterocycles. The zero-order chi connectivity index (χ0) is 9.54. The monoisotopic (exact) mass is 187 g/mol. The highest BCUT2D eigenvalue weighted by atomic mass is 16.3. The fourth-order valence-corrected chi connectivity index (χ4v) is 1.75. The highest BCUT2D eigenvalue weighted by Gasteiger charge is 2.16. The number of hydrogen-bond acceptors (Lipinski definition) is 3. The number of nitrogens with zero attached hydrogens (tertiary/aromatic N) is 2. The molecule has 1 aromatic heterocycles. The van der Waals surface area contributed by atoms with Crippen LogP contribution in [0.4, 0.5) is 5.95 Å². The smallest absolute Gasteiger partial charge is 0.231 e. The van der Waals surface area contributed by atoms with Crippen LogP contribution in [0, 0.1) is 0 Å². The van der Waals surface area contributed by atoms with Gasteiger partial charge >= 0.3 is 0 Å². The molecule has 4 nitrogen and oxygen atoms in total. The lowest BCUT2D eigenvalue weighted by Gasteiger charge is -2.18. The van der Waals surface area contributed by atoms with E-state index in [9.17, 15) is 5.11 Å². The Labute approximate surface area is 80.8 Å². The normalized spacial score (nSPS) is 12.9. The minimum atomic E-state index is 0.0456. The fourth-order valence-electron chi connectivity index (χ4n) is 1.75. The first-order chi connectivity index (χ1) is 6.84. The maximum atomic E-state index is 9.28. The van der Waals surface area contributed by atoms with Gasteiger partial charge in [0.25, 0.3) is 0 Å². The van der Waals surface area contributed by atoms with Crippen LogP contribution in [0.3, 0.4) is 0 Å². The maximum Gasteiger partial charge on any atom is 0.231 e. The van der Waals surface area contributed by atoms with E-state index in [1.807, 2.05) is 22.8 Å². The first-order valence-electron chi connectivity index (χ1n) is 4.45. The summed E-state index contributed by atoms with van der Waals surface area (Å²) in [5.74, 6) is 0.741. The van der Waals surface area contributed by atoms with Crippen molar-refractivity contribution >= 4 is 5.95 Å². The molecule has 0 saturated carbocycles. The standard InChI is InChI=1S/C10H9N3O/c14-9-6-13-8-4-2-1-3-7(8)5-11-10(13)12-9/h1-4,6,14H,5H2,(H,11,12). The van der Waals surface area contributed by atoms with Gasteiger partial charge in [-0.15, -0.1) is 0 Å². The van der Waals surface area contributed by atoms with Gasteiger partial charge in [0.2, 0.25) is 11.8 Å². The Hall–Kier alpha value is -1.97. The molecule has 0 aliphatic carbocycles. The van der Waals surface area contributed by atoms with E-state index in [1.165, 1.54) is 5.56 Å². The lowest BCUT2D eigenvalue weighted by Crippen LogP contribution is -2.14. The summed E-state index contributed by atoms with van der Waals surface area (Å²) >= 11 is 0. The quantitative estimate of drug-likeness (QED) is 0.657. The second kappa shape index (κ2) is 2.51. The summed E-state index contributed by atoms with van der Waals surface area (Å²) in [6.45, 7) is 0.757. The second-order valence-electron chi connectivity index (χ2n) is 3.27. The number of rotatable bonds is 0. The van der Waals surface area contributed by atoms with Crippen LogP contribution in [-0.2, 0) is 6.54 Å². The molecule has 4 heteroatoms. The number of anilines is 1. The van der Waals surface area contributed by atoms with Crippen molar-refractivity contribution in [3.63, 3.8) is 0 Å². The van der Waals surface area contributed by atoms with Crippen molar-refractivity contribution < 1.29 is 5.11 Å². The number of benzene rings is 1. The largest absolute Gasteiger partial charge is 0.492 e. The molecule has 2 aromatic rings. The van der Waals surface area contributed by atoms with Crippen molar-refractivity contribution in [1.29, 1.82) is 0 Å². The average Bonchev–Trinajstić information content (AvgIpc) is 2.59. The van der Waals surface area contributed by atoms with Crippen LogP contribution in [0.25, 0.3) is 5.69 Å². The lowest BCUT2D eigenvalue weighted by atomic mass is 10.1. The van der Waals surface area contributed by atoms with Gasteiger partial charge in [0, 0.05) is 6.54 Å². The van der Waals surface area contributed by atoms with Crippen molar-refractivity contribution in [1.82, 2.24) is 9.55 Å². The third kappa shape index (κ3) is 0.907. The maximum absolute atomic E-state index is 9.28. The van der Waals surface area contributed by atoms with Crippen molar-refractivity contribution in [3.8, 4) is 11.6 Å². The van der Waals surface area contributed by atoms with Gasteiger partial charge in [-0.1, -0.05) is 18.2 Å². The summed E-state index contributed by atoms with van der Waals surface area (Å²) in [6, 6.07) is 8.05. The number of imidazole rings is 1. The molecule has 70 valence electrons. The van der Waals surface area contributed by atoms with Gasteiger partial charge in [-0.2, -0.15) is 4.98 Å². The third-order valence-electron chi connectivity index (χ3n) is 2.38. The molecular weight excluding hydrogens is 178 g/mol. The molecule has 0 spiro atoms. The first kappa shape index (κ1) is 7.44. The zero-order valence-corrected chi connectivity index (χ0v) is 7.44. The van der Waals surface area contributed by atoms with Gasteiger partial charge in [0.05, 0.1) is 11.9 Å². The van der Waals surface area contributed by atoms with Crippen molar-refractivity contribution in [2.75, 3.05) is 5.32 Å². The molecular formula is C10H9N3O. The van der Waals surface area contributed by atoms with E-state index in [4.69, 9.17) is 0 Å².